The molecule has 2 aromatic rings. The van der Waals surface area contributed by atoms with Crippen molar-refractivity contribution in [1.29, 1.82) is 0 Å². The number of phenols is 1. The van der Waals surface area contributed by atoms with Gasteiger partial charge in [0.1, 0.15) is 0 Å². The molecule has 2 nitrogen and oxygen atoms in total. The molecule has 17 heavy (non-hydrogen) atoms. The molecule has 0 radical (unpaired) electrons. The van der Waals surface area contributed by atoms with E-state index in [2.05, 4.69) is 5.32 Å². The van der Waals surface area contributed by atoms with Gasteiger partial charge in [-0.15, -0.1) is 0 Å². The van der Waals surface area contributed by atoms with Gasteiger partial charge < -0.3 is 10.4 Å². The van der Waals surface area contributed by atoms with Crippen molar-refractivity contribution >= 4 is 5.69 Å². The highest BCUT2D eigenvalue weighted by atomic mass is 19.1. The Balaban J connectivity index is 2.10. The van der Waals surface area contributed by atoms with Crippen LogP contribution in [-0.4, -0.2) is 5.11 Å². The average Bonchev–Trinajstić information content (AvgIpc) is 2.34. The van der Waals surface area contributed by atoms with Crippen LogP contribution in [0.15, 0.2) is 42.5 Å². The molecule has 0 amide bonds. The van der Waals surface area contributed by atoms with E-state index in [1.165, 1.54) is 0 Å². The lowest BCUT2D eigenvalue weighted by Crippen LogP contribution is -2.00. The monoisotopic (exact) mass is 235 g/mol. The second-order valence-corrected chi connectivity index (χ2v) is 3.63. The number of phenolic OH excluding ortho intramolecular Hbond substituents is 1. The number of anilines is 1. The maximum absolute atomic E-state index is 13.0. The molecular formula is C13H11F2NO. The SMILES string of the molecule is Oc1c(F)cc(CNc2ccccc2)cc1F. The summed E-state index contributed by atoms with van der Waals surface area (Å²) in [6.07, 6.45) is 0. The predicted octanol–water partition coefficient (Wildman–Crippen LogP) is 3.28. The highest BCUT2D eigenvalue weighted by molar-refractivity contribution is 5.43. The van der Waals surface area contributed by atoms with E-state index in [4.69, 9.17) is 5.11 Å². The summed E-state index contributed by atoms with van der Waals surface area (Å²) >= 11 is 0. The van der Waals surface area contributed by atoms with Gasteiger partial charge in [-0.05, 0) is 29.8 Å². The minimum Gasteiger partial charge on any atom is -0.503 e. The van der Waals surface area contributed by atoms with Gasteiger partial charge in [-0.2, -0.15) is 0 Å². The molecule has 0 aliphatic heterocycles. The lowest BCUT2D eigenvalue weighted by atomic mass is 10.2. The number of benzene rings is 2. The van der Waals surface area contributed by atoms with Crippen LogP contribution in [0.2, 0.25) is 0 Å². The van der Waals surface area contributed by atoms with Crippen LogP contribution in [0.4, 0.5) is 14.5 Å². The summed E-state index contributed by atoms with van der Waals surface area (Å²) in [5.41, 5.74) is 1.29. The molecule has 4 heteroatoms. The van der Waals surface area contributed by atoms with Gasteiger partial charge in [0, 0.05) is 12.2 Å². The molecule has 0 bridgehead atoms. The number of nitrogens with one attached hydrogen (secondary N) is 1. The van der Waals surface area contributed by atoms with E-state index in [0.29, 0.717) is 5.56 Å². The Labute approximate surface area is 97.5 Å². The van der Waals surface area contributed by atoms with E-state index in [0.717, 1.165) is 17.8 Å². The van der Waals surface area contributed by atoms with Gasteiger partial charge in [0.15, 0.2) is 17.4 Å². The lowest BCUT2D eigenvalue weighted by Gasteiger charge is -2.07. The van der Waals surface area contributed by atoms with Gasteiger partial charge in [-0.25, -0.2) is 8.78 Å². The van der Waals surface area contributed by atoms with Gasteiger partial charge in [-0.3, -0.25) is 0 Å². The lowest BCUT2D eigenvalue weighted by molar-refractivity contribution is 0.395. The summed E-state index contributed by atoms with van der Waals surface area (Å²) in [7, 11) is 0. The zero-order valence-electron chi connectivity index (χ0n) is 8.95. The molecule has 2 rings (SSSR count). The van der Waals surface area contributed by atoms with Gasteiger partial charge in [0.2, 0.25) is 0 Å². The predicted molar refractivity (Wildman–Crippen MR) is 61.8 cm³/mol. The van der Waals surface area contributed by atoms with Crippen LogP contribution in [0, 0.1) is 11.6 Å². The highest BCUT2D eigenvalue weighted by Crippen LogP contribution is 2.21. The van der Waals surface area contributed by atoms with Crippen molar-refractivity contribution < 1.29 is 13.9 Å². The average molecular weight is 235 g/mol. The van der Waals surface area contributed by atoms with Crippen LogP contribution in [0.1, 0.15) is 5.56 Å². The first-order valence-electron chi connectivity index (χ1n) is 5.12. The van der Waals surface area contributed by atoms with E-state index < -0.39 is 17.4 Å². The Hall–Kier alpha value is -2.10. The molecule has 2 N–H and O–H groups in total. The minimum absolute atomic E-state index is 0.290. The van der Waals surface area contributed by atoms with Crippen molar-refractivity contribution in [3.8, 4) is 5.75 Å². The Kier molecular flexibility index (Phi) is 3.23. The fourth-order valence-corrected chi connectivity index (χ4v) is 1.48. The van der Waals surface area contributed by atoms with Gasteiger partial charge in [0.05, 0.1) is 0 Å². The molecule has 0 heterocycles. The van der Waals surface area contributed by atoms with Crippen LogP contribution in [-0.2, 0) is 6.54 Å². The van der Waals surface area contributed by atoms with E-state index in [-0.39, 0.29) is 6.54 Å². The molecule has 0 saturated carbocycles. The number of aromatic hydroxyl groups is 1. The topological polar surface area (TPSA) is 32.3 Å². The van der Waals surface area contributed by atoms with Crippen LogP contribution < -0.4 is 5.32 Å². The van der Waals surface area contributed by atoms with Crippen molar-refractivity contribution in [2.45, 2.75) is 6.54 Å². The van der Waals surface area contributed by atoms with Crippen molar-refractivity contribution in [1.82, 2.24) is 0 Å². The number of halogens is 2. The van der Waals surface area contributed by atoms with Crippen molar-refractivity contribution in [3.05, 3.63) is 59.7 Å². The van der Waals surface area contributed by atoms with E-state index in [1.807, 2.05) is 30.3 Å². The number of rotatable bonds is 3. The molecule has 2 aromatic carbocycles. The molecule has 0 aromatic heterocycles. The molecule has 0 fully saturated rings. The van der Waals surface area contributed by atoms with Gasteiger partial charge >= 0.3 is 0 Å². The molecular weight excluding hydrogens is 224 g/mol. The van der Waals surface area contributed by atoms with Crippen molar-refractivity contribution in [2.75, 3.05) is 5.32 Å². The second kappa shape index (κ2) is 4.82. The third-order valence-electron chi connectivity index (χ3n) is 2.35. The Morgan fingerprint density at radius 3 is 2.18 bits per heavy atom. The standard InChI is InChI=1S/C13H11F2NO/c14-11-6-9(7-12(15)13(11)17)8-16-10-4-2-1-3-5-10/h1-7,16-17H,8H2. The van der Waals surface area contributed by atoms with Crippen LogP contribution in [0.5, 0.6) is 5.75 Å². The minimum atomic E-state index is -0.949. The summed E-state index contributed by atoms with van der Waals surface area (Å²) in [6, 6.07) is 11.5. The molecule has 0 saturated heterocycles. The summed E-state index contributed by atoms with van der Waals surface area (Å²) in [5, 5.41) is 12.0. The van der Waals surface area contributed by atoms with Crippen molar-refractivity contribution in [3.63, 3.8) is 0 Å². The largest absolute Gasteiger partial charge is 0.503 e. The molecule has 0 spiro atoms. The van der Waals surface area contributed by atoms with Gasteiger partial charge in [-0.1, -0.05) is 18.2 Å². The second-order valence-electron chi connectivity index (χ2n) is 3.63. The van der Waals surface area contributed by atoms with Crippen LogP contribution in [0.3, 0.4) is 0 Å². The summed E-state index contributed by atoms with van der Waals surface area (Å²) in [4.78, 5) is 0. The maximum atomic E-state index is 13.0. The van der Waals surface area contributed by atoms with Crippen LogP contribution in [0.25, 0.3) is 0 Å². The molecule has 0 aliphatic carbocycles. The third-order valence-corrected chi connectivity index (χ3v) is 2.35. The Morgan fingerprint density at radius 1 is 1.00 bits per heavy atom. The summed E-state index contributed by atoms with van der Waals surface area (Å²) < 4.78 is 26.1. The maximum Gasteiger partial charge on any atom is 0.187 e. The highest BCUT2D eigenvalue weighted by Gasteiger charge is 2.09. The van der Waals surface area contributed by atoms with E-state index >= 15 is 0 Å². The first-order chi connectivity index (χ1) is 8.16. The fraction of sp³-hybridized carbons (Fsp3) is 0.0769. The molecule has 0 aliphatic rings. The normalized spacial score (nSPS) is 10.2. The number of hydrogen-bond donors (Lipinski definition) is 2. The zero-order valence-corrected chi connectivity index (χ0v) is 8.95. The fourth-order valence-electron chi connectivity index (χ4n) is 1.48. The summed E-state index contributed by atoms with van der Waals surface area (Å²) in [5.74, 6) is -2.84. The third kappa shape index (κ3) is 2.72. The number of hydrogen-bond acceptors (Lipinski definition) is 2. The quantitative estimate of drug-likeness (QED) is 0.855. The molecule has 88 valence electrons. The van der Waals surface area contributed by atoms with Crippen LogP contribution >= 0.6 is 0 Å². The Morgan fingerprint density at radius 2 is 1.59 bits per heavy atom. The van der Waals surface area contributed by atoms with E-state index in [1.54, 1.807) is 0 Å². The molecule has 0 unspecified atom stereocenters. The number of para-hydroxylation sites is 1. The molecule has 0 atom stereocenters. The van der Waals surface area contributed by atoms with Gasteiger partial charge in [0.25, 0.3) is 0 Å². The van der Waals surface area contributed by atoms with Crippen molar-refractivity contribution in [2.24, 2.45) is 0 Å². The summed E-state index contributed by atoms with van der Waals surface area (Å²) in [6.45, 7) is 0.290. The Bertz CT molecular complexity index is 491. The smallest absolute Gasteiger partial charge is 0.187 e. The first kappa shape index (κ1) is 11.4. The first-order valence-corrected chi connectivity index (χ1v) is 5.12. The van der Waals surface area contributed by atoms with E-state index in [9.17, 15) is 8.78 Å². The zero-order chi connectivity index (χ0) is 12.3.